The standard InChI is InChI=1S/C19H19FO4S/c20-16-10-8-15(9-11-16)14-24-18(21)19(12-4-5-13-19)25(22,23)17-6-2-1-3-7-17/h1-3,6-11H,4-5,12-14H2. The normalized spacial score (nSPS) is 16.5. The van der Waals surface area contributed by atoms with Gasteiger partial charge in [0.25, 0.3) is 0 Å². The predicted molar refractivity (Wildman–Crippen MR) is 91.0 cm³/mol. The average molecular weight is 362 g/mol. The van der Waals surface area contributed by atoms with E-state index in [1.54, 1.807) is 18.2 Å². The number of hydrogen-bond donors (Lipinski definition) is 0. The molecule has 25 heavy (non-hydrogen) atoms. The van der Waals surface area contributed by atoms with Crippen molar-refractivity contribution in [2.45, 2.75) is 41.9 Å². The van der Waals surface area contributed by atoms with Crippen molar-refractivity contribution in [3.8, 4) is 0 Å². The molecule has 0 saturated heterocycles. The summed E-state index contributed by atoms with van der Waals surface area (Å²) < 4.78 is 42.9. The van der Waals surface area contributed by atoms with Crippen molar-refractivity contribution in [2.75, 3.05) is 0 Å². The molecule has 0 unspecified atom stereocenters. The van der Waals surface area contributed by atoms with Crippen LogP contribution in [0.15, 0.2) is 59.5 Å². The van der Waals surface area contributed by atoms with Gasteiger partial charge in [-0.3, -0.25) is 4.79 Å². The smallest absolute Gasteiger partial charge is 0.328 e. The Hall–Kier alpha value is -2.21. The second-order valence-electron chi connectivity index (χ2n) is 6.22. The molecule has 1 saturated carbocycles. The molecule has 0 bridgehead atoms. The van der Waals surface area contributed by atoms with Gasteiger partial charge in [-0.2, -0.15) is 0 Å². The third-order valence-corrected chi connectivity index (χ3v) is 7.13. The van der Waals surface area contributed by atoms with Crippen molar-refractivity contribution in [1.82, 2.24) is 0 Å². The summed E-state index contributed by atoms with van der Waals surface area (Å²) in [4.78, 5) is 12.9. The number of hydrogen-bond acceptors (Lipinski definition) is 4. The van der Waals surface area contributed by atoms with Crippen LogP contribution in [-0.2, 0) is 26.0 Å². The second kappa shape index (κ2) is 6.96. The monoisotopic (exact) mass is 362 g/mol. The SMILES string of the molecule is O=C(OCc1ccc(F)cc1)C1(S(=O)(=O)c2ccccc2)CCCC1. The van der Waals surface area contributed by atoms with E-state index in [9.17, 15) is 17.6 Å². The first kappa shape index (κ1) is 17.6. The van der Waals surface area contributed by atoms with Crippen LogP contribution in [0.1, 0.15) is 31.2 Å². The molecule has 2 aromatic rings. The fourth-order valence-electron chi connectivity index (χ4n) is 3.21. The Balaban J connectivity index is 1.85. The minimum absolute atomic E-state index is 0.0782. The zero-order valence-corrected chi connectivity index (χ0v) is 14.5. The van der Waals surface area contributed by atoms with E-state index in [1.807, 2.05) is 0 Å². The van der Waals surface area contributed by atoms with Crippen LogP contribution in [0.25, 0.3) is 0 Å². The average Bonchev–Trinajstić information content (AvgIpc) is 3.13. The highest BCUT2D eigenvalue weighted by molar-refractivity contribution is 7.93. The number of carbonyl (C=O) groups is 1. The summed E-state index contributed by atoms with van der Waals surface area (Å²) in [5.74, 6) is -1.10. The largest absolute Gasteiger partial charge is 0.460 e. The number of halogens is 1. The zero-order chi connectivity index (χ0) is 17.9. The fraction of sp³-hybridized carbons (Fsp3) is 0.316. The topological polar surface area (TPSA) is 60.4 Å². The van der Waals surface area contributed by atoms with Gasteiger partial charge in [0, 0.05) is 0 Å². The van der Waals surface area contributed by atoms with Crippen molar-refractivity contribution < 1.29 is 22.3 Å². The lowest BCUT2D eigenvalue weighted by atomic mass is 10.1. The Bertz CT molecular complexity index is 839. The van der Waals surface area contributed by atoms with Crippen LogP contribution in [0.3, 0.4) is 0 Å². The molecule has 0 radical (unpaired) electrons. The van der Waals surface area contributed by atoms with Gasteiger partial charge in [-0.1, -0.05) is 43.2 Å². The molecule has 1 aliphatic carbocycles. The predicted octanol–water partition coefficient (Wildman–Crippen LogP) is 3.66. The summed E-state index contributed by atoms with van der Waals surface area (Å²) in [6.45, 7) is -0.0782. The molecule has 132 valence electrons. The Morgan fingerprint density at radius 2 is 1.60 bits per heavy atom. The highest BCUT2D eigenvalue weighted by atomic mass is 32.2. The molecular formula is C19H19FO4S. The van der Waals surface area contributed by atoms with E-state index in [-0.39, 0.29) is 30.2 Å². The molecule has 2 aromatic carbocycles. The van der Waals surface area contributed by atoms with E-state index in [0.29, 0.717) is 18.4 Å². The van der Waals surface area contributed by atoms with Gasteiger partial charge >= 0.3 is 5.97 Å². The van der Waals surface area contributed by atoms with Crippen molar-refractivity contribution in [1.29, 1.82) is 0 Å². The van der Waals surface area contributed by atoms with Gasteiger partial charge in [-0.25, -0.2) is 12.8 Å². The summed E-state index contributed by atoms with van der Waals surface area (Å²) >= 11 is 0. The molecule has 0 amide bonds. The van der Waals surface area contributed by atoms with E-state index < -0.39 is 20.6 Å². The first-order valence-corrected chi connectivity index (χ1v) is 9.65. The lowest BCUT2D eigenvalue weighted by Crippen LogP contribution is -2.45. The summed E-state index contributed by atoms with van der Waals surface area (Å²) in [7, 11) is -3.85. The number of sulfone groups is 1. The minimum Gasteiger partial charge on any atom is -0.460 e. The van der Waals surface area contributed by atoms with Gasteiger partial charge in [0.15, 0.2) is 14.6 Å². The zero-order valence-electron chi connectivity index (χ0n) is 13.7. The van der Waals surface area contributed by atoms with E-state index in [2.05, 4.69) is 0 Å². The van der Waals surface area contributed by atoms with E-state index in [1.165, 1.54) is 36.4 Å². The Morgan fingerprint density at radius 1 is 1.00 bits per heavy atom. The summed E-state index contributed by atoms with van der Waals surface area (Å²) in [5.41, 5.74) is 0.611. The molecule has 1 aliphatic rings. The molecule has 0 N–H and O–H groups in total. The molecule has 6 heteroatoms. The van der Waals surface area contributed by atoms with Crippen LogP contribution in [0.5, 0.6) is 0 Å². The van der Waals surface area contributed by atoms with Gasteiger partial charge in [0.2, 0.25) is 0 Å². The van der Waals surface area contributed by atoms with Crippen LogP contribution < -0.4 is 0 Å². The van der Waals surface area contributed by atoms with Gasteiger partial charge in [0.05, 0.1) is 4.90 Å². The van der Waals surface area contributed by atoms with Crippen molar-refractivity contribution in [3.63, 3.8) is 0 Å². The number of carbonyl (C=O) groups excluding carboxylic acids is 1. The van der Waals surface area contributed by atoms with Gasteiger partial charge in [-0.15, -0.1) is 0 Å². The maximum atomic E-state index is 13.1. The van der Waals surface area contributed by atoms with Crippen LogP contribution in [0, 0.1) is 5.82 Å². The number of benzene rings is 2. The molecule has 3 rings (SSSR count). The highest BCUT2D eigenvalue weighted by Crippen LogP contribution is 2.41. The minimum atomic E-state index is -3.85. The number of rotatable bonds is 5. The van der Waals surface area contributed by atoms with Crippen molar-refractivity contribution >= 4 is 15.8 Å². The van der Waals surface area contributed by atoms with Crippen LogP contribution in [0.4, 0.5) is 4.39 Å². The third-order valence-electron chi connectivity index (χ3n) is 4.63. The van der Waals surface area contributed by atoms with Crippen molar-refractivity contribution in [3.05, 3.63) is 66.0 Å². The Labute approximate surface area is 146 Å². The van der Waals surface area contributed by atoms with E-state index >= 15 is 0 Å². The molecule has 0 aliphatic heterocycles. The Kier molecular flexibility index (Phi) is 4.90. The van der Waals surface area contributed by atoms with Crippen LogP contribution in [-0.4, -0.2) is 19.1 Å². The van der Waals surface area contributed by atoms with E-state index in [4.69, 9.17) is 4.74 Å². The molecular weight excluding hydrogens is 343 g/mol. The fourth-order valence-corrected chi connectivity index (χ4v) is 5.29. The first-order valence-electron chi connectivity index (χ1n) is 8.17. The summed E-state index contributed by atoms with van der Waals surface area (Å²) in [6, 6.07) is 13.6. The molecule has 1 fully saturated rings. The Morgan fingerprint density at radius 3 is 2.20 bits per heavy atom. The quantitative estimate of drug-likeness (QED) is 0.762. The van der Waals surface area contributed by atoms with Gasteiger partial charge in [-0.05, 0) is 42.7 Å². The third kappa shape index (κ3) is 3.31. The highest BCUT2D eigenvalue weighted by Gasteiger charge is 2.54. The lowest BCUT2D eigenvalue weighted by molar-refractivity contribution is -0.148. The first-order chi connectivity index (χ1) is 12.0. The van der Waals surface area contributed by atoms with Crippen molar-refractivity contribution in [2.24, 2.45) is 0 Å². The van der Waals surface area contributed by atoms with E-state index in [0.717, 1.165) is 0 Å². The summed E-state index contributed by atoms with van der Waals surface area (Å²) in [5, 5.41) is 0. The maximum Gasteiger partial charge on any atom is 0.328 e. The van der Waals surface area contributed by atoms with Gasteiger partial charge in [0.1, 0.15) is 12.4 Å². The maximum absolute atomic E-state index is 13.1. The molecule has 0 spiro atoms. The molecule has 0 atom stereocenters. The number of esters is 1. The van der Waals surface area contributed by atoms with Crippen LogP contribution >= 0.6 is 0 Å². The molecule has 0 aromatic heterocycles. The second-order valence-corrected chi connectivity index (χ2v) is 8.48. The molecule has 4 nitrogen and oxygen atoms in total. The number of ether oxygens (including phenoxy) is 1. The van der Waals surface area contributed by atoms with Crippen LogP contribution in [0.2, 0.25) is 0 Å². The summed E-state index contributed by atoms with van der Waals surface area (Å²) in [6.07, 6.45) is 1.84. The molecule has 0 heterocycles. The lowest BCUT2D eigenvalue weighted by Gasteiger charge is -2.26. The van der Waals surface area contributed by atoms with Gasteiger partial charge < -0.3 is 4.74 Å².